The molecule has 3 aromatic rings. The summed E-state index contributed by atoms with van der Waals surface area (Å²) in [5.41, 5.74) is 4.79. The maximum absolute atomic E-state index is 6.25. The van der Waals surface area contributed by atoms with Crippen LogP contribution in [0, 0.1) is 13.8 Å². The highest BCUT2D eigenvalue weighted by Gasteiger charge is 2.05. The molecular weight excluding hydrogens is 492 g/mol. The second-order valence-electron chi connectivity index (χ2n) is 8.59. The Morgan fingerprint density at radius 1 is 0.514 bits per heavy atom. The fourth-order valence-electron chi connectivity index (χ4n) is 3.30. The zero-order chi connectivity index (χ0) is 26.1. The number of benzene rings is 3. The minimum absolute atomic E-state index is 0.382. The van der Waals surface area contributed by atoms with Crippen LogP contribution in [-0.2, 0) is 32.2 Å². The van der Waals surface area contributed by atoms with Gasteiger partial charge in [-0.1, -0.05) is 71.3 Å². The molecule has 7 heteroatoms. The summed E-state index contributed by atoms with van der Waals surface area (Å²) in [4.78, 5) is 0. The monoisotopic (exact) mass is 528 g/mol. The van der Waals surface area contributed by atoms with Gasteiger partial charge in [-0.15, -0.1) is 0 Å². The van der Waals surface area contributed by atoms with E-state index in [1.807, 2.05) is 6.07 Å². The molecule has 0 fully saturated rings. The first kappa shape index (κ1) is 29.0. The maximum atomic E-state index is 6.25. The lowest BCUT2D eigenvalue weighted by atomic mass is 10.2. The van der Waals surface area contributed by atoms with Gasteiger partial charge in [0.15, 0.2) is 0 Å². The van der Waals surface area contributed by atoms with Crippen LogP contribution < -0.4 is 9.47 Å². The van der Waals surface area contributed by atoms with E-state index in [1.54, 1.807) is 12.1 Å². The Bertz CT molecular complexity index is 1020. The number of aryl methyl sites for hydroxylation is 2. The first-order valence-electron chi connectivity index (χ1n) is 12.6. The molecule has 0 aliphatic heterocycles. The van der Waals surface area contributed by atoms with Crippen molar-refractivity contribution in [1.29, 1.82) is 0 Å². The fourth-order valence-corrected chi connectivity index (χ4v) is 3.47. The predicted molar refractivity (Wildman–Crippen MR) is 146 cm³/mol. The van der Waals surface area contributed by atoms with Gasteiger partial charge in [-0.3, -0.25) is 0 Å². The second kappa shape index (κ2) is 17.0. The third-order valence-corrected chi connectivity index (χ3v) is 5.72. The lowest BCUT2D eigenvalue weighted by molar-refractivity contribution is 0.0296. The number of hydrogen-bond donors (Lipinski definition) is 0. The van der Waals surface area contributed by atoms with Gasteiger partial charge >= 0.3 is 0 Å². The molecule has 200 valence electrons. The second-order valence-corrected chi connectivity index (χ2v) is 9.00. The largest absolute Gasteiger partial charge is 0.491 e. The molecule has 0 N–H and O–H groups in total. The van der Waals surface area contributed by atoms with Gasteiger partial charge in [0, 0.05) is 6.07 Å². The van der Waals surface area contributed by atoms with Crippen molar-refractivity contribution in [2.75, 3.05) is 52.9 Å². The average Bonchev–Trinajstić information content (AvgIpc) is 2.90. The molecule has 0 amide bonds. The van der Waals surface area contributed by atoms with Crippen molar-refractivity contribution in [3.63, 3.8) is 0 Å². The van der Waals surface area contributed by atoms with Crippen LogP contribution in [0.5, 0.6) is 11.5 Å². The molecule has 0 aliphatic rings. The Balaban J connectivity index is 1.19. The summed E-state index contributed by atoms with van der Waals surface area (Å²) in [5.74, 6) is 1.23. The van der Waals surface area contributed by atoms with Crippen LogP contribution in [0.2, 0.25) is 5.02 Å². The van der Waals surface area contributed by atoms with Crippen LogP contribution in [0.15, 0.2) is 66.7 Å². The van der Waals surface area contributed by atoms with E-state index >= 15 is 0 Å². The van der Waals surface area contributed by atoms with E-state index in [9.17, 15) is 0 Å². The van der Waals surface area contributed by atoms with E-state index in [2.05, 4.69) is 62.4 Å². The van der Waals surface area contributed by atoms with Gasteiger partial charge < -0.3 is 28.4 Å². The Kier molecular flexibility index (Phi) is 13.3. The molecule has 0 heterocycles. The molecule has 0 spiro atoms. The van der Waals surface area contributed by atoms with E-state index in [-0.39, 0.29) is 0 Å². The van der Waals surface area contributed by atoms with E-state index in [0.29, 0.717) is 82.6 Å². The van der Waals surface area contributed by atoms with E-state index in [4.69, 9.17) is 40.0 Å². The molecule has 3 aromatic carbocycles. The highest BCUT2D eigenvalue weighted by atomic mass is 35.5. The molecule has 0 unspecified atom stereocenters. The molecule has 0 aromatic heterocycles. The van der Waals surface area contributed by atoms with Crippen molar-refractivity contribution in [3.05, 3.63) is 94.0 Å². The number of hydrogen-bond acceptors (Lipinski definition) is 6. The first-order chi connectivity index (χ1) is 18.1. The van der Waals surface area contributed by atoms with Crippen LogP contribution >= 0.6 is 11.6 Å². The lowest BCUT2D eigenvalue weighted by Gasteiger charge is -2.12. The smallest absolute Gasteiger partial charge is 0.141 e. The minimum Gasteiger partial charge on any atom is -0.491 e. The molecule has 0 saturated heterocycles. The van der Waals surface area contributed by atoms with Crippen LogP contribution in [0.3, 0.4) is 0 Å². The number of halogens is 1. The van der Waals surface area contributed by atoms with Crippen molar-refractivity contribution >= 4 is 11.6 Å². The summed E-state index contributed by atoms with van der Waals surface area (Å²) in [6.07, 6.45) is 0. The Hall–Kier alpha value is -2.61. The molecule has 3 rings (SSSR count). The third-order valence-electron chi connectivity index (χ3n) is 5.41. The van der Waals surface area contributed by atoms with Gasteiger partial charge in [-0.2, -0.15) is 0 Å². The Labute approximate surface area is 225 Å². The van der Waals surface area contributed by atoms with Gasteiger partial charge in [0.05, 0.1) is 57.9 Å². The quantitative estimate of drug-likeness (QED) is 0.184. The third kappa shape index (κ3) is 12.0. The Morgan fingerprint density at radius 2 is 0.973 bits per heavy atom. The maximum Gasteiger partial charge on any atom is 0.141 e. The molecular formula is C30H37ClO6. The van der Waals surface area contributed by atoms with Crippen LogP contribution in [0.4, 0.5) is 0 Å². The predicted octanol–water partition coefficient (Wildman–Crippen LogP) is 6.18. The summed E-state index contributed by atoms with van der Waals surface area (Å²) in [5, 5.41) is 0.524. The molecule has 0 saturated carbocycles. The molecule has 37 heavy (non-hydrogen) atoms. The number of rotatable bonds is 18. The van der Waals surface area contributed by atoms with E-state index in [0.717, 1.165) is 11.1 Å². The number of ether oxygens (including phenoxy) is 6. The van der Waals surface area contributed by atoms with Gasteiger partial charge in [0.1, 0.15) is 24.7 Å². The van der Waals surface area contributed by atoms with Crippen molar-refractivity contribution < 1.29 is 28.4 Å². The summed E-state index contributed by atoms with van der Waals surface area (Å²) >= 11 is 6.25. The van der Waals surface area contributed by atoms with Crippen LogP contribution in [0.25, 0.3) is 0 Å². The van der Waals surface area contributed by atoms with Crippen molar-refractivity contribution in [2.45, 2.75) is 27.1 Å². The van der Waals surface area contributed by atoms with Gasteiger partial charge in [0.2, 0.25) is 0 Å². The van der Waals surface area contributed by atoms with Gasteiger partial charge in [-0.05, 0) is 37.1 Å². The van der Waals surface area contributed by atoms with Gasteiger partial charge in [-0.25, -0.2) is 0 Å². The van der Waals surface area contributed by atoms with Crippen molar-refractivity contribution in [3.8, 4) is 11.5 Å². The summed E-state index contributed by atoms with van der Waals surface area (Å²) in [7, 11) is 0. The first-order valence-corrected chi connectivity index (χ1v) is 12.9. The molecule has 6 nitrogen and oxygen atoms in total. The van der Waals surface area contributed by atoms with Crippen LogP contribution in [-0.4, -0.2) is 52.9 Å². The molecule has 0 radical (unpaired) electrons. The van der Waals surface area contributed by atoms with E-state index < -0.39 is 0 Å². The average molecular weight is 529 g/mol. The van der Waals surface area contributed by atoms with Gasteiger partial charge in [0.25, 0.3) is 0 Å². The zero-order valence-corrected chi connectivity index (χ0v) is 22.5. The fraction of sp³-hybridized carbons (Fsp3) is 0.400. The van der Waals surface area contributed by atoms with Crippen LogP contribution in [0.1, 0.15) is 22.3 Å². The normalized spacial score (nSPS) is 11.0. The molecule has 0 aliphatic carbocycles. The minimum atomic E-state index is 0.382. The topological polar surface area (TPSA) is 55.4 Å². The highest BCUT2D eigenvalue weighted by Crippen LogP contribution is 2.29. The highest BCUT2D eigenvalue weighted by molar-refractivity contribution is 6.32. The summed E-state index contributed by atoms with van der Waals surface area (Å²) in [6, 6.07) is 22.0. The standard InChI is InChI=1S/C30H37ClO6/c1-24-3-7-26(8-4-24)22-34-15-13-32-17-19-36-28-11-12-29(31)30(21-28)37-20-18-33-14-16-35-23-27-9-5-25(2)6-10-27/h3-12,21H,13-20,22-23H2,1-2H3. The van der Waals surface area contributed by atoms with Crippen molar-refractivity contribution in [2.24, 2.45) is 0 Å². The lowest BCUT2D eigenvalue weighted by Crippen LogP contribution is -2.12. The Morgan fingerprint density at radius 3 is 1.51 bits per heavy atom. The summed E-state index contributed by atoms with van der Waals surface area (Å²) < 4.78 is 33.9. The molecule has 0 bridgehead atoms. The zero-order valence-electron chi connectivity index (χ0n) is 21.7. The molecule has 0 atom stereocenters. The van der Waals surface area contributed by atoms with Crippen molar-refractivity contribution in [1.82, 2.24) is 0 Å². The van der Waals surface area contributed by atoms with E-state index in [1.165, 1.54) is 11.1 Å². The SMILES string of the molecule is Cc1ccc(COCCOCCOc2ccc(Cl)c(OCCOCCOCc3ccc(C)cc3)c2)cc1. The summed E-state index contributed by atoms with van der Waals surface area (Å²) in [6.45, 7) is 9.09.